The second-order valence-corrected chi connectivity index (χ2v) is 8.19. The minimum absolute atomic E-state index is 0.368. The van der Waals surface area contributed by atoms with E-state index in [1.54, 1.807) is 20.3 Å². The molecule has 1 unspecified atom stereocenters. The summed E-state index contributed by atoms with van der Waals surface area (Å²) in [5, 5.41) is 0.901. The molecular weight excluding hydrogens is 418 g/mol. The van der Waals surface area contributed by atoms with Crippen molar-refractivity contribution in [1.29, 1.82) is 0 Å². The standard InChI is InChI=1S/C27H25NO5/c1-30-20-7-3-18(4-8-20)13-14-28-16-24-25(32-17-28)12-11-22-23(15-26(29)33-27(22)24)19-5-9-21(31-2)10-6-19/h3-12,15H,13-14,16-17H2,1-2H3/p+1. The van der Waals surface area contributed by atoms with Gasteiger partial charge in [-0.3, -0.25) is 4.90 Å². The van der Waals surface area contributed by atoms with Crippen molar-refractivity contribution in [1.82, 2.24) is 0 Å². The molecule has 0 radical (unpaired) electrons. The topological polar surface area (TPSA) is 62.3 Å². The molecule has 5 rings (SSSR count). The van der Waals surface area contributed by atoms with Crippen LogP contribution in [0.5, 0.6) is 17.2 Å². The molecule has 2 heterocycles. The molecule has 6 heteroatoms. The first kappa shape index (κ1) is 21.1. The van der Waals surface area contributed by atoms with E-state index in [2.05, 4.69) is 12.1 Å². The Bertz CT molecular complexity index is 1330. The van der Waals surface area contributed by atoms with Crippen molar-refractivity contribution >= 4 is 11.0 Å². The molecule has 4 aromatic rings. The summed E-state index contributed by atoms with van der Waals surface area (Å²) in [4.78, 5) is 13.8. The highest BCUT2D eigenvalue weighted by Gasteiger charge is 2.25. The van der Waals surface area contributed by atoms with Gasteiger partial charge in [-0.15, -0.1) is 0 Å². The van der Waals surface area contributed by atoms with Crippen LogP contribution in [0.4, 0.5) is 0 Å². The zero-order chi connectivity index (χ0) is 22.8. The summed E-state index contributed by atoms with van der Waals surface area (Å²) >= 11 is 0. The van der Waals surface area contributed by atoms with Gasteiger partial charge in [0, 0.05) is 17.9 Å². The Balaban J connectivity index is 1.44. The molecule has 0 spiro atoms. The minimum atomic E-state index is -0.368. The summed E-state index contributed by atoms with van der Waals surface area (Å²) in [5.41, 5.74) is 4.21. The Labute approximate surface area is 191 Å². The molecule has 0 aliphatic carbocycles. The molecule has 0 saturated heterocycles. The van der Waals surface area contributed by atoms with Gasteiger partial charge in [0.25, 0.3) is 0 Å². The highest BCUT2D eigenvalue weighted by atomic mass is 16.5. The highest BCUT2D eigenvalue weighted by Crippen LogP contribution is 2.34. The fraction of sp³-hybridized carbons (Fsp3) is 0.222. The maximum atomic E-state index is 12.5. The molecule has 0 fully saturated rings. The Kier molecular flexibility index (Phi) is 5.75. The first-order valence-corrected chi connectivity index (χ1v) is 11.0. The fourth-order valence-corrected chi connectivity index (χ4v) is 4.33. The molecule has 1 aromatic heterocycles. The fourth-order valence-electron chi connectivity index (χ4n) is 4.33. The van der Waals surface area contributed by atoms with Gasteiger partial charge >= 0.3 is 5.63 Å². The molecule has 1 aliphatic heterocycles. The minimum Gasteiger partial charge on any atom is -0.497 e. The van der Waals surface area contributed by atoms with Crippen LogP contribution >= 0.6 is 0 Å². The highest BCUT2D eigenvalue weighted by molar-refractivity contribution is 5.95. The van der Waals surface area contributed by atoms with Crippen LogP contribution in [-0.4, -0.2) is 27.5 Å². The summed E-state index contributed by atoms with van der Waals surface area (Å²) in [7, 11) is 3.31. The summed E-state index contributed by atoms with van der Waals surface area (Å²) in [6, 6.07) is 21.3. The first-order chi connectivity index (χ1) is 16.1. The van der Waals surface area contributed by atoms with Gasteiger partial charge in [-0.05, 0) is 53.1 Å². The average Bonchev–Trinajstić information content (AvgIpc) is 2.87. The third-order valence-electron chi connectivity index (χ3n) is 6.16. The molecule has 0 bridgehead atoms. The third-order valence-corrected chi connectivity index (χ3v) is 6.16. The molecule has 1 atom stereocenters. The third kappa shape index (κ3) is 4.30. The molecule has 1 aliphatic rings. The zero-order valence-corrected chi connectivity index (χ0v) is 18.7. The van der Waals surface area contributed by atoms with Crippen molar-refractivity contribution in [2.75, 3.05) is 27.5 Å². The Morgan fingerprint density at radius 1 is 0.909 bits per heavy atom. The number of methoxy groups -OCH3 is 2. The normalized spacial score (nSPS) is 15.0. The summed E-state index contributed by atoms with van der Waals surface area (Å²) in [6.45, 7) is 2.22. The number of hydrogen-bond donors (Lipinski definition) is 1. The van der Waals surface area contributed by atoms with Crippen LogP contribution in [0, 0.1) is 0 Å². The van der Waals surface area contributed by atoms with Gasteiger partial charge in [-0.2, -0.15) is 0 Å². The lowest BCUT2D eigenvalue weighted by Gasteiger charge is -2.26. The molecule has 3 aromatic carbocycles. The zero-order valence-electron chi connectivity index (χ0n) is 18.7. The quantitative estimate of drug-likeness (QED) is 0.462. The van der Waals surface area contributed by atoms with E-state index in [0.29, 0.717) is 12.3 Å². The van der Waals surface area contributed by atoms with Crippen molar-refractivity contribution in [3.63, 3.8) is 0 Å². The van der Waals surface area contributed by atoms with Crippen LogP contribution in [0.3, 0.4) is 0 Å². The van der Waals surface area contributed by atoms with E-state index in [0.717, 1.165) is 58.8 Å². The van der Waals surface area contributed by atoms with Gasteiger partial charge < -0.3 is 18.6 Å². The van der Waals surface area contributed by atoms with E-state index in [1.807, 2.05) is 48.5 Å². The lowest BCUT2D eigenvalue weighted by molar-refractivity contribution is -0.932. The van der Waals surface area contributed by atoms with Gasteiger partial charge in [0.15, 0.2) is 5.58 Å². The van der Waals surface area contributed by atoms with Crippen LogP contribution in [-0.2, 0) is 13.0 Å². The number of ether oxygens (including phenoxy) is 3. The first-order valence-electron chi connectivity index (χ1n) is 11.0. The van der Waals surface area contributed by atoms with E-state index >= 15 is 0 Å². The van der Waals surface area contributed by atoms with E-state index in [4.69, 9.17) is 18.6 Å². The molecule has 1 N–H and O–H groups in total. The summed E-state index contributed by atoms with van der Waals surface area (Å²) in [5.74, 6) is 2.41. The number of fused-ring (bicyclic) bond motifs is 3. The second kappa shape index (κ2) is 9.00. The Morgan fingerprint density at radius 2 is 1.61 bits per heavy atom. The number of quaternary nitrogens is 1. The van der Waals surface area contributed by atoms with Gasteiger partial charge in [0.1, 0.15) is 23.8 Å². The lowest BCUT2D eigenvalue weighted by Crippen LogP contribution is -3.12. The second-order valence-electron chi connectivity index (χ2n) is 8.19. The maximum Gasteiger partial charge on any atom is 0.336 e. The summed E-state index contributed by atoms with van der Waals surface area (Å²) in [6.07, 6.45) is 0.920. The van der Waals surface area contributed by atoms with Crippen LogP contribution in [0.1, 0.15) is 11.1 Å². The smallest absolute Gasteiger partial charge is 0.336 e. The molecular formula is C27H26NO5+. The van der Waals surface area contributed by atoms with Gasteiger partial charge in [-0.25, -0.2) is 4.79 Å². The lowest BCUT2D eigenvalue weighted by atomic mass is 9.99. The van der Waals surface area contributed by atoms with Crippen molar-refractivity contribution in [2.24, 2.45) is 0 Å². The monoisotopic (exact) mass is 444 g/mol. The van der Waals surface area contributed by atoms with E-state index in [9.17, 15) is 4.79 Å². The van der Waals surface area contributed by atoms with Gasteiger partial charge in [-0.1, -0.05) is 24.3 Å². The van der Waals surface area contributed by atoms with Crippen LogP contribution in [0.2, 0.25) is 0 Å². The SMILES string of the molecule is COc1ccc(CC[NH+]2COc3ccc4c(-c5ccc(OC)cc5)cc(=O)oc4c3C2)cc1. The number of nitrogens with one attached hydrogen (secondary N) is 1. The van der Waals surface area contributed by atoms with E-state index < -0.39 is 0 Å². The van der Waals surface area contributed by atoms with Crippen molar-refractivity contribution in [2.45, 2.75) is 13.0 Å². The maximum absolute atomic E-state index is 12.5. The van der Waals surface area contributed by atoms with Crippen molar-refractivity contribution in [3.05, 3.63) is 88.3 Å². The van der Waals surface area contributed by atoms with Gasteiger partial charge in [0.05, 0.1) is 26.3 Å². The molecule has 0 saturated carbocycles. The predicted octanol–water partition coefficient (Wildman–Crippen LogP) is 3.45. The molecule has 0 amide bonds. The van der Waals surface area contributed by atoms with Crippen LogP contribution in [0.15, 0.2) is 75.9 Å². The largest absolute Gasteiger partial charge is 0.497 e. The Morgan fingerprint density at radius 3 is 2.30 bits per heavy atom. The van der Waals surface area contributed by atoms with Crippen LogP contribution in [0.25, 0.3) is 22.1 Å². The molecule has 33 heavy (non-hydrogen) atoms. The van der Waals surface area contributed by atoms with E-state index in [1.165, 1.54) is 10.5 Å². The van der Waals surface area contributed by atoms with Crippen molar-refractivity contribution < 1.29 is 23.5 Å². The van der Waals surface area contributed by atoms with Crippen molar-refractivity contribution in [3.8, 4) is 28.4 Å². The van der Waals surface area contributed by atoms with E-state index in [-0.39, 0.29) is 5.63 Å². The molecule has 168 valence electrons. The number of hydrogen-bond acceptors (Lipinski definition) is 5. The van der Waals surface area contributed by atoms with Crippen LogP contribution < -0.4 is 24.7 Å². The summed E-state index contributed by atoms with van der Waals surface area (Å²) < 4.78 is 22.3. The van der Waals surface area contributed by atoms with Gasteiger partial charge in [0.2, 0.25) is 6.73 Å². The number of rotatable bonds is 6. The average molecular weight is 445 g/mol. The Hall–Kier alpha value is -3.77. The molecule has 6 nitrogen and oxygen atoms in total. The number of benzene rings is 3. The predicted molar refractivity (Wildman–Crippen MR) is 126 cm³/mol.